The van der Waals surface area contributed by atoms with Crippen LogP contribution in [0.1, 0.15) is 26.2 Å². The highest BCUT2D eigenvalue weighted by Gasteiger charge is 2.36. The second-order valence-electron chi connectivity index (χ2n) is 3.71. The van der Waals surface area contributed by atoms with E-state index < -0.39 is 0 Å². The van der Waals surface area contributed by atoms with Crippen LogP contribution in [-0.4, -0.2) is 11.9 Å². The van der Waals surface area contributed by atoms with Crippen molar-refractivity contribution in [1.29, 1.82) is 0 Å². The summed E-state index contributed by atoms with van der Waals surface area (Å²) in [5.74, 6) is 2.05. The molecule has 3 nitrogen and oxygen atoms in total. The zero-order valence-electron chi connectivity index (χ0n) is 6.88. The minimum absolute atomic E-state index is 0.517. The smallest absolute Gasteiger partial charge is 0.125 e. The summed E-state index contributed by atoms with van der Waals surface area (Å²) in [4.78, 5) is 0. The van der Waals surface area contributed by atoms with Gasteiger partial charge in [0.1, 0.15) is 5.84 Å². The van der Waals surface area contributed by atoms with Crippen molar-refractivity contribution in [2.75, 3.05) is 0 Å². The highest BCUT2D eigenvalue weighted by molar-refractivity contribution is 5.85. The Bertz CT molecular complexity index is 188. The fourth-order valence-corrected chi connectivity index (χ4v) is 2.29. The van der Waals surface area contributed by atoms with Crippen LogP contribution in [0.4, 0.5) is 0 Å². The Morgan fingerprint density at radius 1 is 1.55 bits per heavy atom. The highest BCUT2D eigenvalue weighted by Crippen LogP contribution is 2.32. The van der Waals surface area contributed by atoms with Gasteiger partial charge in [-0.05, 0) is 18.8 Å². The van der Waals surface area contributed by atoms with Crippen LogP contribution in [0.25, 0.3) is 0 Å². The lowest BCUT2D eigenvalue weighted by molar-refractivity contribution is 0.270. The predicted octanol–water partition coefficient (Wildman–Crippen LogP) is 0.667. The maximum atomic E-state index is 5.77. The molecule has 1 saturated carbocycles. The number of nitrogens with zero attached hydrogens (tertiary/aromatic N) is 1. The van der Waals surface area contributed by atoms with Gasteiger partial charge in [-0.25, -0.2) is 0 Å². The zero-order valence-corrected chi connectivity index (χ0v) is 6.88. The molecule has 3 atom stereocenters. The van der Waals surface area contributed by atoms with Crippen LogP contribution in [0, 0.1) is 11.8 Å². The van der Waals surface area contributed by atoms with Gasteiger partial charge >= 0.3 is 0 Å². The van der Waals surface area contributed by atoms with Gasteiger partial charge in [-0.3, -0.25) is 0 Å². The van der Waals surface area contributed by atoms with E-state index in [1.165, 1.54) is 19.3 Å². The third-order valence-electron chi connectivity index (χ3n) is 2.92. The molecular formula is C8H15N3. The number of nitrogens with two attached hydrogens (primary N) is 1. The van der Waals surface area contributed by atoms with Gasteiger partial charge in [0.25, 0.3) is 0 Å². The first kappa shape index (κ1) is 6.95. The zero-order chi connectivity index (χ0) is 7.84. The van der Waals surface area contributed by atoms with Gasteiger partial charge < -0.3 is 11.2 Å². The average molecular weight is 153 g/mol. The van der Waals surface area contributed by atoms with E-state index in [2.05, 4.69) is 17.5 Å². The maximum absolute atomic E-state index is 5.77. The molecular weight excluding hydrogens is 138 g/mol. The van der Waals surface area contributed by atoms with E-state index in [9.17, 15) is 0 Å². The summed E-state index contributed by atoms with van der Waals surface area (Å²) in [5, 5.41) is 4.08. The lowest BCUT2D eigenvalue weighted by atomic mass is 9.77. The molecule has 1 unspecified atom stereocenters. The molecule has 1 fully saturated rings. The van der Waals surface area contributed by atoms with Crippen LogP contribution < -0.4 is 11.2 Å². The Hall–Kier alpha value is -0.730. The van der Waals surface area contributed by atoms with Crippen molar-refractivity contribution in [2.45, 2.75) is 32.2 Å². The largest absolute Gasteiger partial charge is 0.385 e. The minimum Gasteiger partial charge on any atom is -0.385 e. The summed E-state index contributed by atoms with van der Waals surface area (Å²) >= 11 is 0. The van der Waals surface area contributed by atoms with Crippen LogP contribution in [0.15, 0.2) is 5.10 Å². The SMILES string of the molecule is C[C@@H]1CCC[C@@H]2NN=C(N)C12. The van der Waals surface area contributed by atoms with E-state index in [1.54, 1.807) is 0 Å². The Labute approximate surface area is 67.0 Å². The van der Waals surface area contributed by atoms with Gasteiger partial charge in [-0.2, -0.15) is 5.10 Å². The quantitative estimate of drug-likeness (QED) is 0.537. The summed E-state index contributed by atoms with van der Waals surface area (Å²) in [6, 6.07) is 0.541. The van der Waals surface area contributed by atoms with Crippen molar-refractivity contribution in [2.24, 2.45) is 22.7 Å². The lowest BCUT2D eigenvalue weighted by Gasteiger charge is -2.30. The number of amidine groups is 1. The van der Waals surface area contributed by atoms with Gasteiger partial charge in [0.05, 0.1) is 6.04 Å². The first-order valence-corrected chi connectivity index (χ1v) is 4.37. The molecule has 1 aliphatic carbocycles. The molecule has 0 aromatic carbocycles. The van der Waals surface area contributed by atoms with E-state index in [-0.39, 0.29) is 0 Å². The molecule has 0 bridgehead atoms. The van der Waals surface area contributed by atoms with Gasteiger partial charge in [0.15, 0.2) is 0 Å². The van der Waals surface area contributed by atoms with Crippen LogP contribution in [0.2, 0.25) is 0 Å². The second-order valence-corrected chi connectivity index (χ2v) is 3.71. The van der Waals surface area contributed by atoms with E-state index in [1.807, 2.05) is 0 Å². The van der Waals surface area contributed by atoms with E-state index >= 15 is 0 Å². The summed E-state index contributed by atoms with van der Waals surface area (Å²) in [5.41, 5.74) is 8.87. The van der Waals surface area contributed by atoms with Gasteiger partial charge in [-0.15, -0.1) is 0 Å². The molecule has 11 heavy (non-hydrogen) atoms. The molecule has 1 heterocycles. The first-order valence-electron chi connectivity index (χ1n) is 4.37. The van der Waals surface area contributed by atoms with Crippen LogP contribution in [0.5, 0.6) is 0 Å². The number of hydrogen-bond acceptors (Lipinski definition) is 3. The van der Waals surface area contributed by atoms with Gasteiger partial charge in [-0.1, -0.05) is 13.3 Å². The molecule has 0 aromatic rings. The molecule has 0 spiro atoms. The standard InChI is InChI=1S/C8H15N3/c1-5-3-2-4-6-7(5)8(9)11-10-6/h5-7,10H,2-4H2,1H3,(H2,9,11)/t5-,6+,7?/m1/s1. The molecule has 0 radical (unpaired) electrons. The van der Waals surface area contributed by atoms with Gasteiger partial charge in [0, 0.05) is 5.92 Å². The number of nitrogens with one attached hydrogen (secondary N) is 1. The Kier molecular flexibility index (Phi) is 1.51. The summed E-state index contributed by atoms with van der Waals surface area (Å²) < 4.78 is 0. The molecule has 0 aromatic heterocycles. The van der Waals surface area contributed by atoms with Crippen molar-refractivity contribution in [3.63, 3.8) is 0 Å². The van der Waals surface area contributed by atoms with Crippen molar-refractivity contribution in [1.82, 2.24) is 5.43 Å². The third-order valence-corrected chi connectivity index (χ3v) is 2.92. The monoisotopic (exact) mass is 153 g/mol. The molecule has 62 valence electrons. The molecule has 2 rings (SSSR count). The van der Waals surface area contributed by atoms with Crippen LogP contribution >= 0.6 is 0 Å². The normalized spacial score (nSPS) is 42.6. The molecule has 3 heteroatoms. The van der Waals surface area contributed by atoms with Crippen LogP contribution in [-0.2, 0) is 0 Å². The van der Waals surface area contributed by atoms with Crippen molar-refractivity contribution in [3.8, 4) is 0 Å². The summed E-state index contributed by atoms with van der Waals surface area (Å²) in [6.07, 6.45) is 3.86. The predicted molar refractivity (Wildman–Crippen MR) is 45.1 cm³/mol. The molecule has 0 saturated heterocycles. The summed E-state index contributed by atoms with van der Waals surface area (Å²) in [7, 11) is 0. The van der Waals surface area contributed by atoms with Crippen molar-refractivity contribution >= 4 is 5.84 Å². The van der Waals surface area contributed by atoms with E-state index in [0.717, 1.165) is 5.84 Å². The number of rotatable bonds is 0. The number of hydrazone groups is 1. The Morgan fingerprint density at radius 2 is 2.36 bits per heavy atom. The average Bonchev–Trinajstić information content (AvgIpc) is 2.34. The van der Waals surface area contributed by atoms with Gasteiger partial charge in [0.2, 0.25) is 0 Å². The Balaban J connectivity index is 2.15. The fourth-order valence-electron chi connectivity index (χ4n) is 2.29. The topological polar surface area (TPSA) is 50.4 Å². The van der Waals surface area contributed by atoms with Crippen LogP contribution in [0.3, 0.4) is 0 Å². The van der Waals surface area contributed by atoms with Crippen molar-refractivity contribution in [3.05, 3.63) is 0 Å². The highest BCUT2D eigenvalue weighted by atomic mass is 15.4. The molecule has 1 aliphatic heterocycles. The third kappa shape index (κ3) is 0.988. The lowest BCUT2D eigenvalue weighted by Crippen LogP contribution is -2.39. The second kappa shape index (κ2) is 2.40. The van der Waals surface area contributed by atoms with E-state index in [0.29, 0.717) is 17.9 Å². The maximum Gasteiger partial charge on any atom is 0.125 e. The molecule has 2 aliphatic rings. The fraction of sp³-hybridized carbons (Fsp3) is 0.875. The Morgan fingerprint density at radius 3 is 3.09 bits per heavy atom. The molecule has 0 amide bonds. The van der Waals surface area contributed by atoms with E-state index in [4.69, 9.17) is 5.73 Å². The summed E-state index contributed by atoms with van der Waals surface area (Å²) in [6.45, 7) is 2.27. The number of fused-ring (bicyclic) bond motifs is 1. The molecule has 3 N–H and O–H groups in total. The minimum atomic E-state index is 0.517. The van der Waals surface area contributed by atoms with Crippen molar-refractivity contribution < 1.29 is 0 Å². The number of hydrogen-bond donors (Lipinski definition) is 2. The first-order chi connectivity index (χ1) is 5.29.